The molecule has 2 aromatic carbocycles. The zero-order valence-corrected chi connectivity index (χ0v) is 13.2. The summed E-state index contributed by atoms with van der Waals surface area (Å²) < 4.78 is 5.32. The monoisotopic (exact) mass is 297 g/mol. The average molecular weight is 297 g/mol. The molecular formula is C19H23NO2. The Morgan fingerprint density at radius 2 is 1.68 bits per heavy atom. The Morgan fingerprint density at radius 3 is 2.32 bits per heavy atom. The number of hydrogen-bond donors (Lipinski definition) is 1. The Labute approximate surface area is 132 Å². The fraction of sp³-hybridized carbons (Fsp3) is 0.316. The third kappa shape index (κ3) is 4.92. The molecule has 0 heterocycles. The summed E-state index contributed by atoms with van der Waals surface area (Å²) in [6, 6.07) is 17.9. The molecule has 1 unspecified atom stereocenters. The molecule has 0 aromatic heterocycles. The van der Waals surface area contributed by atoms with Gasteiger partial charge in [-0.1, -0.05) is 62.2 Å². The van der Waals surface area contributed by atoms with Crippen molar-refractivity contribution in [3.63, 3.8) is 0 Å². The van der Waals surface area contributed by atoms with Gasteiger partial charge in [0, 0.05) is 5.69 Å². The molecule has 2 aromatic rings. The highest BCUT2D eigenvalue weighted by atomic mass is 16.6. The van der Waals surface area contributed by atoms with Crippen LogP contribution in [0.15, 0.2) is 54.6 Å². The smallest absolute Gasteiger partial charge is 0.411 e. The van der Waals surface area contributed by atoms with Crippen molar-refractivity contribution in [3.8, 4) is 11.1 Å². The van der Waals surface area contributed by atoms with E-state index in [-0.39, 0.29) is 6.10 Å². The summed E-state index contributed by atoms with van der Waals surface area (Å²) in [6.45, 7) is 4.05. The normalized spacial score (nSPS) is 11.7. The van der Waals surface area contributed by atoms with Gasteiger partial charge in [0.05, 0.1) is 0 Å². The summed E-state index contributed by atoms with van der Waals surface area (Å²) in [5.41, 5.74) is 3.02. The van der Waals surface area contributed by atoms with Crippen LogP contribution in [0.25, 0.3) is 11.1 Å². The van der Waals surface area contributed by atoms with Crippen LogP contribution < -0.4 is 5.32 Å². The minimum atomic E-state index is -0.393. The SMILES string of the molecule is CCCCC(C)OC(=O)Nc1ccc(-c2ccccc2)cc1. The number of ether oxygens (including phenoxy) is 1. The van der Waals surface area contributed by atoms with E-state index < -0.39 is 6.09 Å². The molecule has 0 saturated heterocycles. The second-order valence-corrected chi connectivity index (χ2v) is 5.43. The molecule has 0 aliphatic heterocycles. The average Bonchev–Trinajstić information content (AvgIpc) is 2.54. The van der Waals surface area contributed by atoms with Gasteiger partial charge in [-0.2, -0.15) is 0 Å². The van der Waals surface area contributed by atoms with Gasteiger partial charge in [-0.05, 0) is 36.6 Å². The van der Waals surface area contributed by atoms with Gasteiger partial charge < -0.3 is 4.74 Å². The van der Waals surface area contributed by atoms with E-state index in [2.05, 4.69) is 24.4 Å². The van der Waals surface area contributed by atoms with Gasteiger partial charge in [-0.15, -0.1) is 0 Å². The molecule has 0 bridgehead atoms. The van der Waals surface area contributed by atoms with Crippen molar-refractivity contribution in [1.82, 2.24) is 0 Å². The highest BCUT2D eigenvalue weighted by molar-refractivity contribution is 5.85. The number of carbonyl (C=O) groups excluding carboxylic acids is 1. The largest absolute Gasteiger partial charge is 0.446 e. The summed E-state index contributed by atoms with van der Waals surface area (Å²) >= 11 is 0. The van der Waals surface area contributed by atoms with E-state index >= 15 is 0 Å². The molecule has 1 N–H and O–H groups in total. The first-order chi connectivity index (χ1) is 10.7. The molecule has 3 heteroatoms. The van der Waals surface area contributed by atoms with Crippen molar-refractivity contribution in [1.29, 1.82) is 0 Å². The molecule has 1 atom stereocenters. The van der Waals surface area contributed by atoms with E-state index in [1.807, 2.05) is 49.4 Å². The fourth-order valence-corrected chi connectivity index (χ4v) is 2.26. The fourth-order valence-electron chi connectivity index (χ4n) is 2.26. The molecule has 0 radical (unpaired) electrons. The van der Waals surface area contributed by atoms with Crippen LogP contribution in [0.5, 0.6) is 0 Å². The molecule has 3 nitrogen and oxygen atoms in total. The lowest BCUT2D eigenvalue weighted by Crippen LogP contribution is -2.20. The lowest BCUT2D eigenvalue weighted by Gasteiger charge is -2.13. The molecule has 0 saturated carbocycles. The van der Waals surface area contributed by atoms with Crippen LogP contribution in [0.1, 0.15) is 33.1 Å². The summed E-state index contributed by atoms with van der Waals surface area (Å²) in [7, 11) is 0. The van der Waals surface area contributed by atoms with E-state index in [9.17, 15) is 4.79 Å². The molecular weight excluding hydrogens is 274 g/mol. The van der Waals surface area contributed by atoms with Crippen molar-refractivity contribution in [3.05, 3.63) is 54.6 Å². The third-order valence-electron chi connectivity index (χ3n) is 3.51. The van der Waals surface area contributed by atoms with Gasteiger partial charge in [-0.25, -0.2) is 4.79 Å². The first kappa shape index (κ1) is 16.1. The minimum absolute atomic E-state index is 0.0523. The Kier molecular flexibility index (Phi) is 6.01. The van der Waals surface area contributed by atoms with E-state index in [4.69, 9.17) is 4.74 Å². The summed E-state index contributed by atoms with van der Waals surface area (Å²) in [5, 5.41) is 2.77. The molecule has 2 rings (SSSR count). The van der Waals surface area contributed by atoms with Crippen LogP contribution in [0, 0.1) is 0 Å². The van der Waals surface area contributed by atoms with Crippen molar-refractivity contribution >= 4 is 11.8 Å². The number of carbonyl (C=O) groups is 1. The number of nitrogens with one attached hydrogen (secondary N) is 1. The minimum Gasteiger partial charge on any atom is -0.446 e. The standard InChI is InChI=1S/C19H23NO2/c1-3-4-8-15(2)22-19(21)20-18-13-11-17(12-14-18)16-9-6-5-7-10-16/h5-7,9-15H,3-4,8H2,1-2H3,(H,20,21). The molecule has 22 heavy (non-hydrogen) atoms. The van der Waals surface area contributed by atoms with Crippen LogP contribution >= 0.6 is 0 Å². The number of amides is 1. The van der Waals surface area contributed by atoms with E-state index in [1.165, 1.54) is 0 Å². The Hall–Kier alpha value is -2.29. The van der Waals surface area contributed by atoms with Gasteiger partial charge in [0.25, 0.3) is 0 Å². The number of rotatable bonds is 6. The first-order valence-corrected chi connectivity index (χ1v) is 7.82. The quantitative estimate of drug-likeness (QED) is 0.766. The second-order valence-electron chi connectivity index (χ2n) is 5.43. The first-order valence-electron chi connectivity index (χ1n) is 7.82. The highest BCUT2D eigenvalue weighted by Crippen LogP contribution is 2.21. The van der Waals surface area contributed by atoms with Crippen LogP contribution in [0.4, 0.5) is 10.5 Å². The zero-order chi connectivity index (χ0) is 15.8. The van der Waals surface area contributed by atoms with E-state index in [1.54, 1.807) is 0 Å². The maximum absolute atomic E-state index is 11.8. The van der Waals surface area contributed by atoms with Crippen molar-refractivity contribution in [2.45, 2.75) is 39.2 Å². The lowest BCUT2D eigenvalue weighted by molar-refractivity contribution is 0.114. The Morgan fingerprint density at radius 1 is 1.05 bits per heavy atom. The summed E-state index contributed by atoms with van der Waals surface area (Å²) in [5.74, 6) is 0. The van der Waals surface area contributed by atoms with Gasteiger partial charge in [-0.3, -0.25) is 5.32 Å². The number of anilines is 1. The molecule has 0 fully saturated rings. The van der Waals surface area contributed by atoms with Gasteiger partial charge in [0.15, 0.2) is 0 Å². The topological polar surface area (TPSA) is 38.3 Å². The second kappa shape index (κ2) is 8.23. The Balaban J connectivity index is 1.90. The van der Waals surface area contributed by atoms with E-state index in [0.29, 0.717) is 0 Å². The van der Waals surface area contributed by atoms with Crippen molar-refractivity contribution < 1.29 is 9.53 Å². The Bertz CT molecular complexity index is 578. The maximum atomic E-state index is 11.8. The molecule has 0 aliphatic rings. The van der Waals surface area contributed by atoms with Gasteiger partial charge >= 0.3 is 6.09 Å². The summed E-state index contributed by atoms with van der Waals surface area (Å²) in [6.07, 6.45) is 2.63. The number of unbranched alkanes of at least 4 members (excludes halogenated alkanes) is 1. The predicted octanol–water partition coefficient (Wildman–Crippen LogP) is 5.48. The van der Waals surface area contributed by atoms with Gasteiger partial charge in [0.1, 0.15) is 6.10 Å². The lowest BCUT2D eigenvalue weighted by atomic mass is 10.1. The summed E-state index contributed by atoms with van der Waals surface area (Å²) in [4.78, 5) is 11.8. The van der Waals surface area contributed by atoms with Crippen LogP contribution in [0.2, 0.25) is 0 Å². The highest BCUT2D eigenvalue weighted by Gasteiger charge is 2.09. The van der Waals surface area contributed by atoms with E-state index in [0.717, 1.165) is 36.1 Å². The van der Waals surface area contributed by atoms with Crippen LogP contribution in [-0.2, 0) is 4.74 Å². The molecule has 0 aliphatic carbocycles. The van der Waals surface area contributed by atoms with Crippen LogP contribution in [0.3, 0.4) is 0 Å². The predicted molar refractivity (Wildman–Crippen MR) is 91.0 cm³/mol. The number of hydrogen-bond acceptors (Lipinski definition) is 2. The maximum Gasteiger partial charge on any atom is 0.411 e. The molecule has 0 spiro atoms. The van der Waals surface area contributed by atoms with Crippen LogP contribution in [-0.4, -0.2) is 12.2 Å². The van der Waals surface area contributed by atoms with Crippen molar-refractivity contribution in [2.75, 3.05) is 5.32 Å². The zero-order valence-electron chi connectivity index (χ0n) is 13.2. The molecule has 1 amide bonds. The van der Waals surface area contributed by atoms with Gasteiger partial charge in [0.2, 0.25) is 0 Å². The number of benzene rings is 2. The molecule has 116 valence electrons. The van der Waals surface area contributed by atoms with Crippen molar-refractivity contribution in [2.24, 2.45) is 0 Å². The third-order valence-corrected chi connectivity index (χ3v) is 3.51.